The van der Waals surface area contributed by atoms with Crippen LogP contribution in [0.4, 0.5) is 8.78 Å². The van der Waals surface area contributed by atoms with E-state index in [1.807, 2.05) is 18.0 Å². The van der Waals surface area contributed by atoms with Gasteiger partial charge >= 0.3 is 11.9 Å². The number of nitrogens with zero attached hydrogens (tertiary/aromatic N) is 4. The summed E-state index contributed by atoms with van der Waals surface area (Å²) in [5.74, 6) is -0.792. The maximum Gasteiger partial charge on any atom is 0.333 e. The van der Waals surface area contributed by atoms with Crippen molar-refractivity contribution >= 4 is 35.1 Å². The van der Waals surface area contributed by atoms with Crippen molar-refractivity contribution in [3.05, 3.63) is 81.6 Å². The number of alkyl halides is 2. The van der Waals surface area contributed by atoms with Crippen LogP contribution in [0.15, 0.2) is 60.2 Å². The predicted octanol–water partition coefficient (Wildman–Crippen LogP) is 3.85. The molecule has 2 aromatic rings. The number of halogens is 4. The first-order valence-corrected chi connectivity index (χ1v) is 11.1. The zero-order valence-electron chi connectivity index (χ0n) is 18.7. The molecule has 35 heavy (non-hydrogen) atoms. The lowest BCUT2D eigenvalue weighted by Gasteiger charge is -2.24. The summed E-state index contributed by atoms with van der Waals surface area (Å²) in [6.07, 6.45) is 3.46. The Kier molecular flexibility index (Phi) is 9.39. The second-order valence-corrected chi connectivity index (χ2v) is 8.37. The summed E-state index contributed by atoms with van der Waals surface area (Å²) in [4.78, 5) is 33.1. The highest BCUT2D eigenvalue weighted by atomic mass is 35.5. The molecule has 0 aromatic carbocycles. The van der Waals surface area contributed by atoms with Gasteiger partial charge in [0.15, 0.2) is 0 Å². The van der Waals surface area contributed by atoms with Gasteiger partial charge in [-0.1, -0.05) is 35.3 Å². The topological polar surface area (TPSA) is 84.9 Å². The number of hydrogen-bond acceptors (Lipinski definition) is 8. The van der Waals surface area contributed by atoms with Crippen molar-refractivity contribution < 1.29 is 27.8 Å². The van der Waals surface area contributed by atoms with Gasteiger partial charge in [0.2, 0.25) is 0 Å². The van der Waals surface area contributed by atoms with Gasteiger partial charge in [-0.2, -0.15) is 0 Å². The van der Waals surface area contributed by atoms with Gasteiger partial charge in [-0.3, -0.25) is 0 Å². The summed E-state index contributed by atoms with van der Waals surface area (Å²) in [5.41, 5.74) is 3.08. The number of rotatable bonds is 8. The lowest BCUT2D eigenvalue weighted by atomic mass is 10.2. The van der Waals surface area contributed by atoms with Crippen molar-refractivity contribution in [3.63, 3.8) is 0 Å². The smallest absolute Gasteiger partial charge is 0.333 e. The minimum atomic E-state index is -2.50. The zero-order valence-corrected chi connectivity index (χ0v) is 20.2. The largest absolute Gasteiger partial charge is 0.456 e. The van der Waals surface area contributed by atoms with Crippen LogP contribution >= 0.6 is 23.2 Å². The standard InChI is InChI=1S/C12H11ClF2N2O2.C11H11ClN2O2/c13-10-2-1-8(4-16-10)5-17(6-11(14)15)9-3-12(18)19-7-9;1-14(9-4-11(15)16-7-9)6-8-2-3-10(12)13-5-8/h1-4,11H,5-7H2;2-5H,6-7H2,1H3. The zero-order chi connectivity index (χ0) is 25.4. The Bertz CT molecular complexity index is 1100. The third-order valence-corrected chi connectivity index (χ3v) is 5.37. The molecule has 0 amide bonds. The Labute approximate surface area is 210 Å². The van der Waals surface area contributed by atoms with Crippen LogP contribution in [0.1, 0.15) is 11.1 Å². The van der Waals surface area contributed by atoms with Gasteiger partial charge in [0.25, 0.3) is 6.43 Å². The van der Waals surface area contributed by atoms with Crippen molar-refractivity contribution in [1.29, 1.82) is 0 Å². The first-order valence-electron chi connectivity index (χ1n) is 10.4. The van der Waals surface area contributed by atoms with E-state index in [0.29, 0.717) is 29.2 Å². The highest BCUT2D eigenvalue weighted by Crippen LogP contribution is 2.18. The van der Waals surface area contributed by atoms with E-state index in [2.05, 4.69) is 9.97 Å². The molecule has 2 aliphatic heterocycles. The van der Waals surface area contributed by atoms with E-state index in [1.54, 1.807) is 24.4 Å². The van der Waals surface area contributed by atoms with E-state index in [9.17, 15) is 18.4 Å². The molecule has 0 N–H and O–H groups in total. The second kappa shape index (κ2) is 12.5. The monoisotopic (exact) mass is 526 g/mol. The molecule has 0 radical (unpaired) electrons. The van der Waals surface area contributed by atoms with Gasteiger partial charge in [0.05, 0.1) is 17.9 Å². The van der Waals surface area contributed by atoms with Gasteiger partial charge in [-0.25, -0.2) is 28.3 Å². The molecular weight excluding hydrogens is 505 g/mol. The van der Waals surface area contributed by atoms with Crippen molar-refractivity contribution in [2.45, 2.75) is 19.5 Å². The molecule has 0 saturated heterocycles. The van der Waals surface area contributed by atoms with Crippen LogP contribution in [0.3, 0.4) is 0 Å². The molecule has 4 rings (SSSR count). The van der Waals surface area contributed by atoms with E-state index in [1.165, 1.54) is 23.2 Å². The number of aromatic nitrogens is 2. The molecule has 0 saturated carbocycles. The number of cyclic esters (lactones) is 2. The number of esters is 2. The first kappa shape index (κ1) is 26.4. The Balaban J connectivity index is 0.000000198. The van der Waals surface area contributed by atoms with E-state index >= 15 is 0 Å². The van der Waals surface area contributed by atoms with Crippen LogP contribution in [-0.4, -0.2) is 64.9 Å². The molecule has 0 aliphatic carbocycles. The molecule has 0 unspecified atom stereocenters. The van der Waals surface area contributed by atoms with Crippen molar-refractivity contribution in [2.24, 2.45) is 0 Å². The third kappa shape index (κ3) is 8.48. The molecule has 2 aliphatic rings. The summed E-state index contributed by atoms with van der Waals surface area (Å²) in [7, 11) is 1.91. The molecular formula is C23H22Cl2F2N4O4. The molecule has 12 heteroatoms. The van der Waals surface area contributed by atoms with Gasteiger partial charge in [-0.05, 0) is 23.3 Å². The number of hydrogen-bond donors (Lipinski definition) is 0. The predicted molar refractivity (Wildman–Crippen MR) is 124 cm³/mol. The summed E-state index contributed by atoms with van der Waals surface area (Å²) in [6, 6.07) is 6.94. The van der Waals surface area contributed by atoms with Crippen molar-refractivity contribution in [1.82, 2.24) is 19.8 Å². The number of likely N-dealkylation sites (N-methyl/N-ethyl adjacent to an activating group) is 1. The van der Waals surface area contributed by atoms with Crippen LogP contribution in [0.2, 0.25) is 10.3 Å². The van der Waals surface area contributed by atoms with Crippen LogP contribution < -0.4 is 0 Å². The molecule has 4 heterocycles. The average molecular weight is 527 g/mol. The molecule has 0 bridgehead atoms. The van der Waals surface area contributed by atoms with Crippen LogP contribution in [0.5, 0.6) is 0 Å². The van der Waals surface area contributed by atoms with Crippen molar-refractivity contribution in [3.8, 4) is 0 Å². The van der Waals surface area contributed by atoms with E-state index in [4.69, 9.17) is 32.7 Å². The summed E-state index contributed by atoms with van der Waals surface area (Å²) < 4.78 is 34.7. The molecule has 0 spiro atoms. The summed E-state index contributed by atoms with van der Waals surface area (Å²) in [5, 5.41) is 0.813. The lowest BCUT2D eigenvalue weighted by Crippen LogP contribution is -2.28. The van der Waals surface area contributed by atoms with E-state index < -0.39 is 18.9 Å². The first-order chi connectivity index (χ1) is 16.7. The Morgan fingerprint density at radius 1 is 0.886 bits per heavy atom. The summed E-state index contributed by atoms with van der Waals surface area (Å²) in [6.45, 7) is 0.789. The van der Waals surface area contributed by atoms with Gasteiger partial charge in [0.1, 0.15) is 23.5 Å². The minimum absolute atomic E-state index is 0.0204. The molecule has 2 aromatic heterocycles. The Hall–Kier alpha value is -3.24. The molecule has 186 valence electrons. The fourth-order valence-corrected chi connectivity index (χ4v) is 3.40. The normalized spacial score (nSPS) is 14.6. The Morgan fingerprint density at radius 2 is 1.40 bits per heavy atom. The van der Waals surface area contributed by atoms with Crippen LogP contribution in [0, 0.1) is 0 Å². The minimum Gasteiger partial charge on any atom is -0.456 e. The lowest BCUT2D eigenvalue weighted by molar-refractivity contribution is -0.136. The molecule has 0 fully saturated rings. The van der Waals surface area contributed by atoms with Crippen molar-refractivity contribution in [2.75, 3.05) is 26.8 Å². The SMILES string of the molecule is CN(Cc1ccc(Cl)nc1)C1=CC(=O)OC1.O=C1C=C(N(Cc2ccc(Cl)nc2)CC(F)F)CO1. The third-order valence-electron chi connectivity index (χ3n) is 4.92. The average Bonchev–Trinajstić information content (AvgIpc) is 3.45. The quantitative estimate of drug-likeness (QED) is 0.378. The Morgan fingerprint density at radius 3 is 1.83 bits per heavy atom. The van der Waals surface area contributed by atoms with E-state index in [0.717, 1.165) is 16.8 Å². The maximum absolute atomic E-state index is 12.6. The van der Waals surface area contributed by atoms with Gasteiger partial charge in [-0.15, -0.1) is 0 Å². The number of carbonyl (C=O) groups excluding carboxylic acids is 2. The number of ether oxygens (including phenoxy) is 2. The van der Waals surface area contributed by atoms with E-state index in [-0.39, 0.29) is 19.1 Å². The van der Waals surface area contributed by atoms with Crippen LogP contribution in [0.25, 0.3) is 0 Å². The fraction of sp³-hybridized carbons (Fsp3) is 0.304. The summed E-state index contributed by atoms with van der Waals surface area (Å²) >= 11 is 11.4. The number of carbonyl (C=O) groups is 2. The highest BCUT2D eigenvalue weighted by Gasteiger charge is 2.22. The number of pyridine rings is 2. The maximum atomic E-state index is 12.6. The fourth-order valence-electron chi connectivity index (χ4n) is 3.18. The highest BCUT2D eigenvalue weighted by molar-refractivity contribution is 6.29. The second-order valence-electron chi connectivity index (χ2n) is 7.59. The van der Waals surface area contributed by atoms with Gasteiger partial charge < -0.3 is 19.3 Å². The molecule has 8 nitrogen and oxygen atoms in total. The molecule has 0 atom stereocenters. The van der Waals surface area contributed by atoms with Crippen LogP contribution in [-0.2, 0) is 32.2 Å². The van der Waals surface area contributed by atoms with Gasteiger partial charge in [0, 0.05) is 44.7 Å².